The largest absolute Gasteiger partial charge is 0.460 e. The molecule has 2 aromatic carbocycles. The van der Waals surface area contributed by atoms with Crippen LogP contribution in [0.1, 0.15) is 29.0 Å². The first-order valence-electron chi connectivity index (χ1n) is 8.90. The van der Waals surface area contributed by atoms with Crippen LogP contribution in [-0.2, 0) is 20.9 Å². The Kier molecular flexibility index (Phi) is 6.51. The Morgan fingerprint density at radius 3 is 2.61 bits per heavy atom. The molecule has 0 bridgehead atoms. The van der Waals surface area contributed by atoms with Gasteiger partial charge < -0.3 is 10.1 Å². The minimum atomic E-state index is -0.398. The lowest BCUT2D eigenvalue weighted by Crippen LogP contribution is -2.31. The zero-order valence-corrected chi connectivity index (χ0v) is 16.3. The number of allylic oxidation sites excluding steroid dienone is 1. The fourth-order valence-electron chi connectivity index (χ4n) is 2.93. The van der Waals surface area contributed by atoms with Crippen LogP contribution in [0.15, 0.2) is 65.2 Å². The van der Waals surface area contributed by atoms with Crippen molar-refractivity contribution >= 4 is 23.6 Å². The van der Waals surface area contributed by atoms with Gasteiger partial charge in [-0.15, -0.1) is 0 Å². The standard InChI is InChI=1S/C22H20N2O3S/c1-15-7-9-17(10-8-15)18-11-20(25)24-22(19(18)12-23)28-14-21(26)27-13-16-5-3-2-4-6-16/h2-10,18H,11,13-14H2,1H3,(H,24,25)/t18-/m1/s1. The van der Waals surface area contributed by atoms with Crippen LogP contribution < -0.4 is 5.32 Å². The van der Waals surface area contributed by atoms with Gasteiger partial charge in [0.15, 0.2) is 0 Å². The van der Waals surface area contributed by atoms with Gasteiger partial charge in [-0.3, -0.25) is 9.59 Å². The van der Waals surface area contributed by atoms with E-state index in [4.69, 9.17) is 4.74 Å². The third kappa shape index (κ3) is 5.02. The van der Waals surface area contributed by atoms with Crippen molar-refractivity contribution in [2.45, 2.75) is 25.9 Å². The molecule has 0 saturated carbocycles. The van der Waals surface area contributed by atoms with Gasteiger partial charge in [-0.25, -0.2) is 0 Å². The number of thioether (sulfide) groups is 1. The van der Waals surface area contributed by atoms with E-state index in [1.165, 1.54) is 0 Å². The van der Waals surface area contributed by atoms with Crippen LogP contribution >= 0.6 is 11.8 Å². The van der Waals surface area contributed by atoms with Crippen molar-refractivity contribution < 1.29 is 14.3 Å². The van der Waals surface area contributed by atoms with E-state index in [-0.39, 0.29) is 30.6 Å². The van der Waals surface area contributed by atoms with Crippen molar-refractivity contribution in [2.75, 3.05) is 5.75 Å². The summed E-state index contributed by atoms with van der Waals surface area (Å²) in [5.74, 6) is -0.842. The van der Waals surface area contributed by atoms with Crippen LogP contribution in [0.2, 0.25) is 0 Å². The summed E-state index contributed by atoms with van der Waals surface area (Å²) in [6.45, 7) is 2.18. The van der Waals surface area contributed by atoms with Crippen LogP contribution in [0.3, 0.4) is 0 Å². The summed E-state index contributed by atoms with van der Waals surface area (Å²) in [7, 11) is 0. The Bertz CT molecular complexity index is 931. The number of carbonyl (C=O) groups excluding carboxylic acids is 2. The lowest BCUT2D eigenvalue weighted by atomic mass is 9.87. The fourth-order valence-corrected chi connectivity index (χ4v) is 3.80. The average molecular weight is 392 g/mol. The van der Waals surface area contributed by atoms with Crippen molar-refractivity contribution in [3.63, 3.8) is 0 Å². The molecule has 0 saturated heterocycles. The molecular formula is C22H20N2O3S. The quantitative estimate of drug-likeness (QED) is 0.756. The Labute approximate surface area is 168 Å². The summed E-state index contributed by atoms with van der Waals surface area (Å²) in [6, 6.07) is 19.4. The summed E-state index contributed by atoms with van der Waals surface area (Å²) >= 11 is 1.13. The number of carbonyl (C=O) groups is 2. The third-order valence-corrected chi connectivity index (χ3v) is 5.40. The van der Waals surface area contributed by atoms with Crippen molar-refractivity contribution in [3.05, 3.63) is 81.9 Å². The summed E-state index contributed by atoms with van der Waals surface area (Å²) in [6.07, 6.45) is 0.217. The number of benzene rings is 2. The minimum absolute atomic E-state index is 0.0221. The van der Waals surface area contributed by atoms with Crippen LogP contribution in [0.4, 0.5) is 0 Å². The lowest BCUT2D eigenvalue weighted by Gasteiger charge is -2.25. The van der Waals surface area contributed by atoms with Crippen molar-refractivity contribution in [3.8, 4) is 6.07 Å². The molecule has 1 amide bonds. The first-order valence-corrected chi connectivity index (χ1v) is 9.88. The predicted molar refractivity (Wildman–Crippen MR) is 108 cm³/mol. The van der Waals surface area contributed by atoms with E-state index < -0.39 is 5.97 Å². The maximum Gasteiger partial charge on any atom is 0.316 e. The number of nitriles is 1. The molecule has 1 aliphatic heterocycles. The molecule has 1 N–H and O–H groups in total. The molecule has 6 heteroatoms. The zero-order valence-electron chi connectivity index (χ0n) is 15.5. The van der Waals surface area contributed by atoms with Gasteiger partial charge in [0, 0.05) is 12.3 Å². The third-order valence-electron chi connectivity index (χ3n) is 4.41. The number of aryl methyl sites for hydroxylation is 1. The summed E-state index contributed by atoms with van der Waals surface area (Å²) in [5.41, 5.74) is 3.41. The van der Waals surface area contributed by atoms with E-state index in [1.54, 1.807) is 0 Å². The second-order valence-corrected chi connectivity index (χ2v) is 7.49. The van der Waals surface area contributed by atoms with E-state index >= 15 is 0 Å². The van der Waals surface area contributed by atoms with Crippen LogP contribution in [0.25, 0.3) is 0 Å². The van der Waals surface area contributed by atoms with Gasteiger partial charge in [-0.1, -0.05) is 71.9 Å². The average Bonchev–Trinajstić information content (AvgIpc) is 2.71. The molecule has 0 aliphatic carbocycles. The normalized spacial score (nSPS) is 16.3. The highest BCUT2D eigenvalue weighted by atomic mass is 32.2. The molecular weight excluding hydrogens is 372 g/mol. The smallest absolute Gasteiger partial charge is 0.316 e. The number of hydrogen-bond acceptors (Lipinski definition) is 5. The summed E-state index contributed by atoms with van der Waals surface area (Å²) in [4.78, 5) is 24.2. The van der Waals surface area contributed by atoms with E-state index in [9.17, 15) is 14.9 Å². The lowest BCUT2D eigenvalue weighted by molar-refractivity contribution is -0.141. The van der Waals surface area contributed by atoms with Gasteiger partial charge in [0.25, 0.3) is 0 Å². The van der Waals surface area contributed by atoms with Gasteiger partial charge >= 0.3 is 5.97 Å². The van der Waals surface area contributed by atoms with Crippen LogP contribution in [0, 0.1) is 18.3 Å². The molecule has 0 aromatic heterocycles. The number of ether oxygens (including phenoxy) is 1. The highest BCUT2D eigenvalue weighted by Gasteiger charge is 2.29. The first-order chi connectivity index (χ1) is 13.6. The maximum atomic E-state index is 12.2. The Morgan fingerprint density at radius 2 is 1.93 bits per heavy atom. The van der Waals surface area contributed by atoms with Crippen LogP contribution in [0.5, 0.6) is 0 Å². The van der Waals surface area contributed by atoms with Gasteiger partial charge in [0.05, 0.1) is 22.4 Å². The molecule has 1 heterocycles. The highest BCUT2D eigenvalue weighted by molar-refractivity contribution is 8.03. The highest BCUT2D eigenvalue weighted by Crippen LogP contribution is 2.36. The first kappa shape index (κ1) is 19.7. The number of rotatable bonds is 6. The van der Waals surface area contributed by atoms with Crippen molar-refractivity contribution in [1.29, 1.82) is 5.26 Å². The second-order valence-electron chi connectivity index (χ2n) is 6.51. The number of nitrogens with zero attached hydrogens (tertiary/aromatic N) is 1. The number of esters is 1. The minimum Gasteiger partial charge on any atom is -0.460 e. The van der Waals surface area contributed by atoms with Crippen molar-refractivity contribution in [2.24, 2.45) is 0 Å². The van der Waals surface area contributed by atoms with Gasteiger partial charge in [0.1, 0.15) is 6.61 Å². The Balaban J connectivity index is 1.68. The molecule has 0 radical (unpaired) electrons. The van der Waals surface area contributed by atoms with Crippen LogP contribution in [-0.4, -0.2) is 17.6 Å². The van der Waals surface area contributed by atoms with E-state index in [1.807, 2.05) is 61.5 Å². The zero-order chi connectivity index (χ0) is 19.9. The molecule has 0 spiro atoms. The molecule has 0 fully saturated rings. The second kappa shape index (κ2) is 9.25. The van der Waals surface area contributed by atoms with Gasteiger partial charge in [0.2, 0.25) is 5.91 Å². The number of nitrogens with one attached hydrogen (secondary N) is 1. The SMILES string of the molecule is Cc1ccc([C@H]2CC(=O)NC(SCC(=O)OCc3ccccc3)=C2C#N)cc1. The number of hydrogen-bond donors (Lipinski definition) is 1. The fraction of sp³-hybridized carbons (Fsp3) is 0.227. The monoisotopic (exact) mass is 392 g/mol. The molecule has 28 heavy (non-hydrogen) atoms. The molecule has 2 aromatic rings. The predicted octanol–water partition coefficient (Wildman–Crippen LogP) is 3.81. The van der Waals surface area contributed by atoms with E-state index in [0.717, 1.165) is 28.5 Å². The molecule has 3 rings (SSSR count). The molecule has 1 aliphatic rings. The number of amides is 1. The van der Waals surface area contributed by atoms with E-state index in [2.05, 4.69) is 11.4 Å². The molecule has 1 atom stereocenters. The molecule has 142 valence electrons. The van der Waals surface area contributed by atoms with Gasteiger partial charge in [-0.2, -0.15) is 5.26 Å². The molecule has 0 unspecified atom stereocenters. The van der Waals surface area contributed by atoms with Gasteiger partial charge in [-0.05, 0) is 18.1 Å². The maximum absolute atomic E-state index is 12.2. The summed E-state index contributed by atoms with van der Waals surface area (Å²) < 4.78 is 5.26. The Hall–Kier alpha value is -3.04. The summed E-state index contributed by atoms with van der Waals surface area (Å²) in [5, 5.41) is 12.8. The Morgan fingerprint density at radius 1 is 1.21 bits per heavy atom. The van der Waals surface area contributed by atoms with E-state index in [0.29, 0.717) is 10.6 Å². The molecule has 5 nitrogen and oxygen atoms in total. The van der Waals surface area contributed by atoms with Crippen molar-refractivity contribution in [1.82, 2.24) is 5.32 Å². The topological polar surface area (TPSA) is 79.2 Å².